The fourth-order valence-corrected chi connectivity index (χ4v) is 2.33. The molecule has 142 valence electrons. The summed E-state index contributed by atoms with van der Waals surface area (Å²) in [7, 11) is 0. The minimum absolute atomic E-state index is 0.209. The lowest BCUT2D eigenvalue weighted by atomic mass is 10.2. The molecule has 1 amide bonds. The predicted molar refractivity (Wildman–Crippen MR) is 113 cm³/mol. The van der Waals surface area contributed by atoms with E-state index >= 15 is 0 Å². The zero-order valence-electron chi connectivity index (χ0n) is 15.5. The second-order valence-electron chi connectivity index (χ2n) is 6.26. The van der Waals surface area contributed by atoms with Crippen LogP contribution in [0, 0.1) is 5.92 Å². The Balaban J connectivity index is 1.89. The number of hydrogen-bond donors (Lipinski definition) is 2. The summed E-state index contributed by atoms with van der Waals surface area (Å²) in [5.74, 6) is 1.57. The van der Waals surface area contributed by atoms with Crippen molar-refractivity contribution in [3.63, 3.8) is 0 Å². The van der Waals surface area contributed by atoms with E-state index in [9.17, 15) is 4.79 Å². The Bertz CT molecular complexity index is 788. The summed E-state index contributed by atoms with van der Waals surface area (Å²) < 4.78 is 11.1. The van der Waals surface area contributed by atoms with E-state index in [1.54, 1.807) is 36.4 Å². The third-order valence-electron chi connectivity index (χ3n) is 3.39. The number of thiocarbonyl (C=S) groups is 1. The monoisotopic (exact) mass is 384 g/mol. The van der Waals surface area contributed by atoms with E-state index in [4.69, 9.17) is 21.7 Å². The second-order valence-corrected chi connectivity index (χ2v) is 6.67. The van der Waals surface area contributed by atoms with Gasteiger partial charge < -0.3 is 14.8 Å². The van der Waals surface area contributed by atoms with Crippen molar-refractivity contribution in [2.75, 3.05) is 18.5 Å². The highest BCUT2D eigenvalue weighted by atomic mass is 32.1. The summed E-state index contributed by atoms with van der Waals surface area (Å²) in [5.41, 5.74) is 1.22. The van der Waals surface area contributed by atoms with Gasteiger partial charge in [-0.05, 0) is 54.5 Å². The van der Waals surface area contributed by atoms with Crippen LogP contribution in [-0.4, -0.2) is 24.2 Å². The van der Waals surface area contributed by atoms with E-state index in [2.05, 4.69) is 31.1 Å². The molecule has 27 heavy (non-hydrogen) atoms. The molecule has 0 heterocycles. The van der Waals surface area contributed by atoms with Gasteiger partial charge >= 0.3 is 0 Å². The number of carbonyl (C=O) groups is 1. The lowest BCUT2D eigenvalue weighted by Gasteiger charge is -2.12. The largest absolute Gasteiger partial charge is 0.493 e. The predicted octanol–water partition coefficient (Wildman–Crippen LogP) is 4.41. The summed E-state index contributed by atoms with van der Waals surface area (Å²) in [4.78, 5) is 12.3. The van der Waals surface area contributed by atoms with Gasteiger partial charge in [0.25, 0.3) is 5.91 Å². The van der Waals surface area contributed by atoms with Crippen LogP contribution in [0.25, 0.3) is 0 Å². The van der Waals surface area contributed by atoms with Crippen molar-refractivity contribution in [3.05, 3.63) is 66.7 Å². The van der Waals surface area contributed by atoms with Gasteiger partial charge in [0, 0.05) is 17.3 Å². The van der Waals surface area contributed by atoms with Crippen LogP contribution in [0.5, 0.6) is 11.5 Å². The molecular formula is C21H24N2O3S. The van der Waals surface area contributed by atoms with Crippen LogP contribution in [0.1, 0.15) is 24.2 Å². The molecular weight excluding hydrogens is 360 g/mol. The minimum atomic E-state index is -0.290. The first kappa shape index (κ1) is 20.5. The van der Waals surface area contributed by atoms with Gasteiger partial charge in [0.2, 0.25) is 0 Å². The number of carbonyl (C=O) groups excluding carboxylic acids is 1. The zero-order valence-corrected chi connectivity index (χ0v) is 16.3. The van der Waals surface area contributed by atoms with Gasteiger partial charge in [-0.15, -0.1) is 0 Å². The van der Waals surface area contributed by atoms with Gasteiger partial charge in [-0.1, -0.05) is 32.6 Å². The molecule has 0 bridgehead atoms. The molecule has 0 aromatic heterocycles. The zero-order chi connectivity index (χ0) is 19.6. The molecule has 0 saturated carbocycles. The van der Waals surface area contributed by atoms with Crippen molar-refractivity contribution in [1.29, 1.82) is 0 Å². The van der Waals surface area contributed by atoms with Crippen LogP contribution in [0.3, 0.4) is 0 Å². The van der Waals surface area contributed by atoms with Crippen LogP contribution in [-0.2, 0) is 0 Å². The van der Waals surface area contributed by atoms with Crippen LogP contribution >= 0.6 is 12.2 Å². The number of ether oxygens (including phenoxy) is 2. The van der Waals surface area contributed by atoms with Gasteiger partial charge in [0.15, 0.2) is 5.11 Å². The standard InChI is InChI=1S/C21H24N2O3S/c1-4-12-25-19-7-5-6-17(13-19)22-21(27)23-20(24)16-8-10-18(11-9-16)26-14-15(2)3/h4-11,13,15H,1,12,14H2,2-3H3,(H2,22,23,24,27). The number of benzene rings is 2. The van der Waals surface area contributed by atoms with Crippen LogP contribution < -0.4 is 20.1 Å². The summed E-state index contributed by atoms with van der Waals surface area (Å²) in [6.45, 7) is 8.83. The highest BCUT2D eigenvalue weighted by Crippen LogP contribution is 2.17. The van der Waals surface area contributed by atoms with Crippen molar-refractivity contribution in [2.45, 2.75) is 13.8 Å². The lowest BCUT2D eigenvalue weighted by Crippen LogP contribution is -2.34. The molecule has 2 rings (SSSR count). The van der Waals surface area contributed by atoms with E-state index in [0.717, 1.165) is 11.4 Å². The van der Waals surface area contributed by atoms with Gasteiger partial charge in [-0.2, -0.15) is 0 Å². The maximum absolute atomic E-state index is 12.3. The molecule has 2 aromatic carbocycles. The maximum Gasteiger partial charge on any atom is 0.257 e. The SMILES string of the molecule is C=CCOc1cccc(NC(=S)NC(=O)c2ccc(OCC(C)C)cc2)c1. The van der Waals surface area contributed by atoms with Crippen LogP contribution in [0.15, 0.2) is 61.2 Å². The molecule has 0 atom stereocenters. The molecule has 0 spiro atoms. The Kier molecular flexibility index (Phi) is 7.82. The van der Waals surface area contributed by atoms with Crippen LogP contribution in [0.2, 0.25) is 0 Å². The average molecular weight is 385 g/mol. The Morgan fingerprint density at radius 2 is 1.89 bits per heavy atom. The minimum Gasteiger partial charge on any atom is -0.493 e. The molecule has 0 aliphatic carbocycles. The van der Waals surface area contributed by atoms with Crippen LogP contribution in [0.4, 0.5) is 5.69 Å². The average Bonchev–Trinajstić information content (AvgIpc) is 2.65. The van der Waals surface area contributed by atoms with E-state index in [1.165, 1.54) is 0 Å². The molecule has 0 radical (unpaired) electrons. The normalized spacial score (nSPS) is 10.2. The molecule has 0 unspecified atom stereocenters. The summed E-state index contributed by atoms with van der Waals surface area (Å²) in [6.07, 6.45) is 1.67. The Morgan fingerprint density at radius 3 is 2.56 bits per heavy atom. The van der Waals surface area contributed by atoms with E-state index in [0.29, 0.717) is 30.4 Å². The molecule has 0 saturated heterocycles. The van der Waals surface area contributed by atoms with Crippen molar-refractivity contribution in [2.24, 2.45) is 5.92 Å². The smallest absolute Gasteiger partial charge is 0.257 e. The molecule has 6 heteroatoms. The Hall–Kier alpha value is -2.86. The summed E-state index contributed by atoms with van der Waals surface area (Å²) in [5, 5.41) is 5.84. The molecule has 0 fully saturated rings. The van der Waals surface area contributed by atoms with Crippen molar-refractivity contribution in [3.8, 4) is 11.5 Å². The number of anilines is 1. The van der Waals surface area contributed by atoms with Gasteiger partial charge in [0.1, 0.15) is 18.1 Å². The van der Waals surface area contributed by atoms with Gasteiger partial charge in [-0.25, -0.2) is 0 Å². The Labute approximate surface area is 165 Å². The fraction of sp³-hybridized carbons (Fsp3) is 0.238. The van der Waals surface area contributed by atoms with Crippen molar-refractivity contribution >= 4 is 28.9 Å². The molecule has 0 aliphatic rings. The quantitative estimate of drug-likeness (QED) is 0.521. The highest BCUT2D eigenvalue weighted by molar-refractivity contribution is 7.80. The van der Waals surface area contributed by atoms with Crippen molar-refractivity contribution in [1.82, 2.24) is 5.32 Å². The van der Waals surface area contributed by atoms with Gasteiger partial charge in [0.05, 0.1) is 6.61 Å². The number of nitrogens with one attached hydrogen (secondary N) is 2. The molecule has 0 aliphatic heterocycles. The third kappa shape index (κ3) is 7.11. The summed E-state index contributed by atoms with van der Waals surface area (Å²) >= 11 is 5.21. The third-order valence-corrected chi connectivity index (χ3v) is 3.59. The first-order valence-corrected chi connectivity index (χ1v) is 9.07. The lowest BCUT2D eigenvalue weighted by molar-refractivity contribution is 0.0977. The molecule has 5 nitrogen and oxygen atoms in total. The fourth-order valence-electron chi connectivity index (χ4n) is 2.12. The van der Waals surface area contributed by atoms with E-state index < -0.39 is 0 Å². The number of hydrogen-bond acceptors (Lipinski definition) is 4. The first-order valence-electron chi connectivity index (χ1n) is 8.67. The van der Waals surface area contributed by atoms with Crippen molar-refractivity contribution < 1.29 is 14.3 Å². The maximum atomic E-state index is 12.3. The summed E-state index contributed by atoms with van der Waals surface area (Å²) in [6, 6.07) is 14.3. The Morgan fingerprint density at radius 1 is 1.15 bits per heavy atom. The van der Waals surface area contributed by atoms with Gasteiger partial charge in [-0.3, -0.25) is 10.1 Å². The number of amides is 1. The topological polar surface area (TPSA) is 59.6 Å². The molecule has 2 N–H and O–H groups in total. The van der Waals surface area contributed by atoms with E-state index in [-0.39, 0.29) is 11.0 Å². The highest BCUT2D eigenvalue weighted by Gasteiger charge is 2.09. The van der Waals surface area contributed by atoms with E-state index in [1.807, 2.05) is 18.2 Å². The first-order chi connectivity index (χ1) is 13.0. The second kappa shape index (κ2) is 10.3. The molecule has 2 aromatic rings. The number of rotatable bonds is 8.